The van der Waals surface area contributed by atoms with E-state index in [2.05, 4.69) is 24.9 Å². The van der Waals surface area contributed by atoms with E-state index >= 15 is 0 Å². The molecule has 0 saturated carbocycles. The summed E-state index contributed by atoms with van der Waals surface area (Å²) in [6.45, 7) is 10.2. The van der Waals surface area contributed by atoms with Crippen molar-refractivity contribution in [3.8, 4) is 0 Å². The van der Waals surface area contributed by atoms with E-state index in [1.807, 2.05) is 51.4 Å². The van der Waals surface area contributed by atoms with Crippen molar-refractivity contribution in [3.05, 3.63) is 47.3 Å². The monoisotopic (exact) mass is 203 g/mol. The van der Waals surface area contributed by atoms with Crippen molar-refractivity contribution in [3.63, 3.8) is 0 Å². The number of aromatic nitrogens is 1. The van der Waals surface area contributed by atoms with E-state index in [0.29, 0.717) is 0 Å². The van der Waals surface area contributed by atoms with Gasteiger partial charge in [-0.15, -0.1) is 0 Å². The SMILES string of the molecule is C/C=C\C=C/c1cncc(C)c1C.CC. The minimum atomic E-state index is 1.19. The van der Waals surface area contributed by atoms with Gasteiger partial charge in [-0.3, -0.25) is 4.98 Å². The molecule has 1 heteroatoms. The lowest BCUT2D eigenvalue weighted by Crippen LogP contribution is -1.87. The van der Waals surface area contributed by atoms with Crippen LogP contribution in [-0.4, -0.2) is 4.98 Å². The first-order valence-corrected chi connectivity index (χ1v) is 5.46. The van der Waals surface area contributed by atoms with Gasteiger partial charge in [0.25, 0.3) is 0 Å². The maximum atomic E-state index is 4.15. The molecular weight excluding hydrogens is 182 g/mol. The third-order valence-electron chi connectivity index (χ3n) is 2.09. The first-order valence-electron chi connectivity index (χ1n) is 5.46. The van der Waals surface area contributed by atoms with Gasteiger partial charge >= 0.3 is 0 Å². The highest BCUT2D eigenvalue weighted by Crippen LogP contribution is 2.12. The molecule has 0 spiro atoms. The van der Waals surface area contributed by atoms with Crippen LogP contribution in [0, 0.1) is 13.8 Å². The molecule has 1 aromatic heterocycles. The molecule has 82 valence electrons. The number of rotatable bonds is 2. The Hall–Kier alpha value is -1.37. The summed E-state index contributed by atoms with van der Waals surface area (Å²) in [4.78, 5) is 4.15. The third-order valence-corrected chi connectivity index (χ3v) is 2.09. The molecular formula is C14H21N. The largest absolute Gasteiger partial charge is 0.264 e. The highest BCUT2D eigenvalue weighted by atomic mass is 14.6. The van der Waals surface area contributed by atoms with Crippen LogP contribution >= 0.6 is 0 Å². The predicted molar refractivity (Wildman–Crippen MR) is 68.9 cm³/mol. The fourth-order valence-corrected chi connectivity index (χ4v) is 1.09. The van der Waals surface area contributed by atoms with Crippen LogP contribution in [0.5, 0.6) is 0 Å². The molecule has 1 rings (SSSR count). The molecule has 1 aromatic rings. The van der Waals surface area contributed by atoms with Gasteiger partial charge in [-0.2, -0.15) is 0 Å². The minimum Gasteiger partial charge on any atom is -0.264 e. The van der Waals surface area contributed by atoms with Crippen LogP contribution in [0.2, 0.25) is 0 Å². The number of aryl methyl sites for hydroxylation is 1. The lowest BCUT2D eigenvalue weighted by molar-refractivity contribution is 1.20. The van der Waals surface area contributed by atoms with Gasteiger partial charge in [0.2, 0.25) is 0 Å². The van der Waals surface area contributed by atoms with Gasteiger partial charge < -0.3 is 0 Å². The maximum absolute atomic E-state index is 4.15. The Bertz CT molecular complexity index is 335. The van der Waals surface area contributed by atoms with Gasteiger partial charge in [0.1, 0.15) is 0 Å². The van der Waals surface area contributed by atoms with Crippen molar-refractivity contribution in [1.29, 1.82) is 0 Å². The van der Waals surface area contributed by atoms with Crippen molar-refractivity contribution in [2.24, 2.45) is 0 Å². The fourth-order valence-electron chi connectivity index (χ4n) is 1.09. The Morgan fingerprint density at radius 3 is 2.33 bits per heavy atom. The summed E-state index contributed by atoms with van der Waals surface area (Å²) in [5.74, 6) is 0. The number of hydrogen-bond acceptors (Lipinski definition) is 1. The zero-order valence-corrected chi connectivity index (χ0v) is 10.4. The molecule has 0 saturated heterocycles. The fraction of sp³-hybridized carbons (Fsp3) is 0.357. The quantitative estimate of drug-likeness (QED) is 0.652. The summed E-state index contributed by atoms with van der Waals surface area (Å²) >= 11 is 0. The van der Waals surface area contributed by atoms with Crippen molar-refractivity contribution < 1.29 is 0 Å². The molecule has 0 bridgehead atoms. The molecule has 0 aliphatic heterocycles. The van der Waals surface area contributed by atoms with Crippen LogP contribution < -0.4 is 0 Å². The second-order valence-corrected chi connectivity index (χ2v) is 3.06. The Morgan fingerprint density at radius 1 is 1.07 bits per heavy atom. The number of allylic oxidation sites excluding steroid dienone is 3. The lowest BCUT2D eigenvalue weighted by atomic mass is 10.1. The van der Waals surface area contributed by atoms with Crippen LogP contribution in [0.25, 0.3) is 6.08 Å². The molecule has 0 unspecified atom stereocenters. The van der Waals surface area contributed by atoms with E-state index in [4.69, 9.17) is 0 Å². The van der Waals surface area contributed by atoms with Gasteiger partial charge in [-0.05, 0) is 37.5 Å². The lowest BCUT2D eigenvalue weighted by Gasteiger charge is -2.01. The van der Waals surface area contributed by atoms with E-state index in [9.17, 15) is 0 Å². The van der Waals surface area contributed by atoms with Crippen molar-refractivity contribution >= 4 is 6.08 Å². The van der Waals surface area contributed by atoms with Crippen molar-refractivity contribution in [2.45, 2.75) is 34.6 Å². The molecule has 1 heterocycles. The molecule has 15 heavy (non-hydrogen) atoms. The summed E-state index contributed by atoms with van der Waals surface area (Å²) in [6, 6.07) is 0. The first kappa shape index (κ1) is 13.6. The second-order valence-electron chi connectivity index (χ2n) is 3.06. The summed E-state index contributed by atoms with van der Waals surface area (Å²) in [7, 11) is 0. The molecule has 0 aliphatic carbocycles. The third kappa shape index (κ3) is 4.59. The summed E-state index contributed by atoms with van der Waals surface area (Å²) in [5, 5.41) is 0. The Balaban J connectivity index is 0.000000921. The number of nitrogens with zero attached hydrogens (tertiary/aromatic N) is 1. The van der Waals surface area contributed by atoms with Gasteiger partial charge in [-0.25, -0.2) is 0 Å². The summed E-state index contributed by atoms with van der Waals surface area (Å²) in [5.41, 5.74) is 3.73. The van der Waals surface area contributed by atoms with Crippen LogP contribution in [0.3, 0.4) is 0 Å². The molecule has 0 aromatic carbocycles. The topological polar surface area (TPSA) is 12.9 Å². The van der Waals surface area contributed by atoms with E-state index in [0.717, 1.165) is 0 Å². The van der Waals surface area contributed by atoms with Crippen molar-refractivity contribution in [2.75, 3.05) is 0 Å². The van der Waals surface area contributed by atoms with Gasteiger partial charge in [0.15, 0.2) is 0 Å². The highest BCUT2D eigenvalue weighted by Gasteiger charge is 1.95. The van der Waals surface area contributed by atoms with Gasteiger partial charge in [-0.1, -0.05) is 38.2 Å². The highest BCUT2D eigenvalue weighted by molar-refractivity contribution is 5.55. The zero-order chi connectivity index (χ0) is 11.7. The molecule has 0 radical (unpaired) electrons. The molecule has 0 fully saturated rings. The van der Waals surface area contributed by atoms with E-state index in [1.54, 1.807) is 0 Å². The molecule has 0 aliphatic rings. The first-order chi connectivity index (χ1) is 7.25. The smallest absolute Gasteiger partial charge is 0.0343 e. The summed E-state index contributed by atoms with van der Waals surface area (Å²) < 4.78 is 0. The molecule has 0 amide bonds. The zero-order valence-electron chi connectivity index (χ0n) is 10.4. The number of pyridine rings is 1. The van der Waals surface area contributed by atoms with Crippen LogP contribution in [0.1, 0.15) is 37.5 Å². The Kier molecular flexibility index (Phi) is 7.25. The van der Waals surface area contributed by atoms with Gasteiger partial charge in [0, 0.05) is 12.4 Å². The van der Waals surface area contributed by atoms with Crippen LogP contribution in [-0.2, 0) is 0 Å². The molecule has 0 N–H and O–H groups in total. The summed E-state index contributed by atoms with van der Waals surface area (Å²) in [6.07, 6.45) is 11.9. The standard InChI is InChI=1S/C12H15N.C2H6/c1-4-5-6-7-12-9-13-8-10(2)11(12)3;1-2/h4-9H,1-3H3;1-2H3/b5-4-,7-6-;. The normalized spacial score (nSPS) is 10.5. The average molecular weight is 203 g/mol. The maximum Gasteiger partial charge on any atom is 0.0343 e. The van der Waals surface area contributed by atoms with Crippen LogP contribution in [0.15, 0.2) is 30.6 Å². The van der Waals surface area contributed by atoms with Crippen molar-refractivity contribution in [1.82, 2.24) is 4.98 Å². The predicted octanol–water partition coefficient (Wildman–Crippen LogP) is 4.31. The van der Waals surface area contributed by atoms with E-state index in [1.165, 1.54) is 16.7 Å². The Morgan fingerprint density at radius 2 is 1.73 bits per heavy atom. The molecule has 1 nitrogen and oxygen atoms in total. The van der Waals surface area contributed by atoms with Crippen LogP contribution in [0.4, 0.5) is 0 Å². The molecule has 0 atom stereocenters. The second kappa shape index (κ2) is 7.98. The Labute approximate surface area is 93.6 Å². The minimum absolute atomic E-state index is 1.19. The average Bonchev–Trinajstić information content (AvgIpc) is 2.27. The van der Waals surface area contributed by atoms with Gasteiger partial charge in [0.05, 0.1) is 0 Å². The van der Waals surface area contributed by atoms with E-state index in [-0.39, 0.29) is 0 Å². The van der Waals surface area contributed by atoms with E-state index < -0.39 is 0 Å². The number of hydrogen-bond donors (Lipinski definition) is 0.